The molecule has 1 aliphatic rings. The van der Waals surface area contributed by atoms with Crippen molar-refractivity contribution in [3.63, 3.8) is 0 Å². The Labute approximate surface area is 227 Å². The van der Waals surface area contributed by atoms with Crippen molar-refractivity contribution >= 4 is 15.8 Å². The SMILES string of the molecule is CCC.CN(CCNS(=O)(=O)C1CC1)c1nc(-c2cc(-c3ccon3)n(Cc3ccccc3F)n2)ncc1F.[HH]. The maximum atomic E-state index is 14.6. The second-order valence-electron chi connectivity index (χ2n) is 9.18. The van der Waals surface area contributed by atoms with Crippen LogP contribution in [0.15, 0.2) is 53.4 Å². The summed E-state index contributed by atoms with van der Waals surface area (Å²) in [7, 11) is -1.73. The average molecular weight is 562 g/mol. The molecule has 1 aromatic carbocycles. The highest BCUT2D eigenvalue weighted by molar-refractivity contribution is 7.90. The van der Waals surface area contributed by atoms with Crippen LogP contribution in [0.4, 0.5) is 14.6 Å². The van der Waals surface area contributed by atoms with Gasteiger partial charge in [0.15, 0.2) is 17.5 Å². The molecule has 1 saturated carbocycles. The van der Waals surface area contributed by atoms with Gasteiger partial charge in [-0.25, -0.2) is 31.9 Å². The van der Waals surface area contributed by atoms with Gasteiger partial charge in [-0.1, -0.05) is 43.6 Å². The zero-order valence-electron chi connectivity index (χ0n) is 22.0. The Kier molecular flexibility index (Phi) is 9.02. The monoisotopic (exact) mass is 561 g/mol. The van der Waals surface area contributed by atoms with E-state index in [0.717, 1.165) is 6.20 Å². The molecule has 210 valence electrons. The molecule has 0 amide bonds. The van der Waals surface area contributed by atoms with E-state index in [9.17, 15) is 17.2 Å². The fourth-order valence-electron chi connectivity index (χ4n) is 3.69. The summed E-state index contributed by atoms with van der Waals surface area (Å²) in [4.78, 5) is 9.92. The maximum absolute atomic E-state index is 14.6. The van der Waals surface area contributed by atoms with Crippen molar-refractivity contribution in [2.24, 2.45) is 0 Å². The summed E-state index contributed by atoms with van der Waals surface area (Å²) in [5.41, 5.74) is 1.77. The van der Waals surface area contributed by atoms with E-state index < -0.39 is 15.8 Å². The predicted molar refractivity (Wildman–Crippen MR) is 146 cm³/mol. The van der Waals surface area contributed by atoms with Gasteiger partial charge in [0, 0.05) is 33.2 Å². The van der Waals surface area contributed by atoms with Gasteiger partial charge in [-0.3, -0.25) is 4.68 Å². The highest BCUT2D eigenvalue weighted by Crippen LogP contribution is 2.28. The third-order valence-corrected chi connectivity index (χ3v) is 7.74. The number of likely N-dealkylation sites (N-methyl/N-ethyl adjacent to an activating group) is 1. The van der Waals surface area contributed by atoms with Gasteiger partial charge < -0.3 is 9.42 Å². The third kappa shape index (κ3) is 7.03. The van der Waals surface area contributed by atoms with Crippen LogP contribution in [-0.2, 0) is 16.6 Å². The minimum absolute atomic E-state index is 0. The lowest BCUT2D eigenvalue weighted by atomic mass is 10.2. The normalized spacial score (nSPS) is 13.2. The van der Waals surface area contributed by atoms with Gasteiger partial charge in [0.1, 0.15) is 23.5 Å². The molecule has 0 atom stereocenters. The van der Waals surface area contributed by atoms with Crippen molar-refractivity contribution in [3.05, 3.63) is 66.1 Å². The van der Waals surface area contributed by atoms with E-state index in [1.54, 1.807) is 42.1 Å². The van der Waals surface area contributed by atoms with Crippen LogP contribution in [0.1, 0.15) is 40.1 Å². The summed E-state index contributed by atoms with van der Waals surface area (Å²) in [6, 6.07) is 9.67. The molecule has 4 aromatic rings. The largest absolute Gasteiger partial charge is 0.364 e. The number of benzene rings is 1. The van der Waals surface area contributed by atoms with Crippen molar-refractivity contribution in [1.29, 1.82) is 0 Å². The molecular weight excluding hydrogens is 528 g/mol. The molecular formula is C26H33F2N7O3S. The number of aromatic nitrogens is 5. The average Bonchev–Trinajstić information content (AvgIpc) is 3.49. The molecule has 10 nitrogen and oxygen atoms in total. The van der Waals surface area contributed by atoms with Crippen molar-refractivity contribution in [2.75, 3.05) is 25.0 Å². The summed E-state index contributed by atoms with van der Waals surface area (Å²) in [6.07, 6.45) is 5.02. The fraction of sp³-hybridized carbons (Fsp3) is 0.385. The van der Waals surface area contributed by atoms with E-state index in [4.69, 9.17) is 4.52 Å². The number of nitrogens with zero attached hydrogens (tertiary/aromatic N) is 6. The zero-order chi connectivity index (χ0) is 28.0. The van der Waals surface area contributed by atoms with Gasteiger partial charge >= 0.3 is 0 Å². The van der Waals surface area contributed by atoms with Crippen molar-refractivity contribution in [1.82, 2.24) is 29.6 Å². The van der Waals surface area contributed by atoms with Crippen LogP contribution in [0.3, 0.4) is 0 Å². The fourth-order valence-corrected chi connectivity index (χ4v) is 5.06. The predicted octanol–water partition coefficient (Wildman–Crippen LogP) is 4.50. The van der Waals surface area contributed by atoms with Crippen LogP contribution in [0.2, 0.25) is 0 Å². The molecule has 1 N–H and O–H groups in total. The molecule has 3 heterocycles. The molecule has 0 aliphatic heterocycles. The highest BCUT2D eigenvalue weighted by atomic mass is 32.2. The molecule has 0 saturated heterocycles. The van der Waals surface area contributed by atoms with E-state index >= 15 is 0 Å². The minimum atomic E-state index is -3.33. The van der Waals surface area contributed by atoms with E-state index in [-0.39, 0.29) is 43.8 Å². The van der Waals surface area contributed by atoms with Crippen molar-refractivity contribution in [3.8, 4) is 22.9 Å². The Morgan fingerprint density at radius 2 is 1.90 bits per heavy atom. The first kappa shape index (κ1) is 28.3. The van der Waals surface area contributed by atoms with Gasteiger partial charge in [-0.05, 0) is 25.0 Å². The third-order valence-electron chi connectivity index (χ3n) is 5.79. The Bertz CT molecular complexity index is 1500. The summed E-state index contributed by atoms with van der Waals surface area (Å²) in [5.74, 6) is -0.889. The number of hydrogen-bond acceptors (Lipinski definition) is 8. The Hall–Kier alpha value is -3.71. The molecule has 0 spiro atoms. The standard InChI is InChI=1S/C23H23F2N7O3S.C3H8.H2/c1-31(10-9-27-36(33,34)16-6-7-16)23-18(25)13-26-22(28-23)20-12-21(19-8-11-35-30-19)32(29-20)14-15-4-2-3-5-17(15)24;1-3-2;/h2-5,8,11-13,16,27H,6-7,9-10,14H2,1H3;3H2,1-2H3;1H. The molecule has 1 aliphatic carbocycles. The van der Waals surface area contributed by atoms with Crippen molar-refractivity contribution in [2.45, 2.75) is 44.9 Å². The molecule has 0 bridgehead atoms. The molecule has 5 rings (SSSR count). The van der Waals surface area contributed by atoms with Crippen LogP contribution >= 0.6 is 0 Å². The van der Waals surface area contributed by atoms with Gasteiger partial charge in [0.2, 0.25) is 10.0 Å². The zero-order valence-corrected chi connectivity index (χ0v) is 22.8. The minimum Gasteiger partial charge on any atom is -0.364 e. The molecule has 0 unspecified atom stereocenters. The van der Waals surface area contributed by atoms with Gasteiger partial charge in [-0.2, -0.15) is 5.10 Å². The molecule has 13 heteroatoms. The molecule has 3 aromatic heterocycles. The lowest BCUT2D eigenvalue weighted by Crippen LogP contribution is -2.35. The van der Waals surface area contributed by atoms with Crippen LogP contribution in [-0.4, -0.2) is 58.7 Å². The maximum Gasteiger partial charge on any atom is 0.214 e. The molecule has 1 fully saturated rings. The number of nitrogens with one attached hydrogen (secondary N) is 1. The van der Waals surface area contributed by atoms with Gasteiger partial charge in [-0.15, -0.1) is 0 Å². The van der Waals surface area contributed by atoms with Gasteiger partial charge in [0.25, 0.3) is 0 Å². The second-order valence-corrected chi connectivity index (χ2v) is 11.2. The topological polar surface area (TPSA) is 119 Å². The smallest absolute Gasteiger partial charge is 0.214 e. The molecule has 0 radical (unpaired) electrons. The Morgan fingerprint density at radius 1 is 1.15 bits per heavy atom. The number of sulfonamides is 1. The number of rotatable bonds is 10. The number of hydrogen-bond donors (Lipinski definition) is 1. The number of anilines is 1. The highest BCUT2D eigenvalue weighted by Gasteiger charge is 2.35. The number of halogens is 2. The van der Waals surface area contributed by atoms with Crippen LogP contribution in [0.25, 0.3) is 22.9 Å². The quantitative estimate of drug-likeness (QED) is 0.301. The van der Waals surface area contributed by atoms with E-state index in [1.165, 1.54) is 23.7 Å². The lowest BCUT2D eigenvalue weighted by Gasteiger charge is -2.19. The first-order chi connectivity index (χ1) is 18.7. The lowest BCUT2D eigenvalue weighted by molar-refractivity contribution is 0.421. The van der Waals surface area contributed by atoms with E-state index in [1.807, 2.05) is 0 Å². The summed E-state index contributed by atoms with van der Waals surface area (Å²) in [5, 5.41) is 8.16. The first-order valence-electron chi connectivity index (χ1n) is 12.7. The second kappa shape index (κ2) is 12.4. The van der Waals surface area contributed by atoms with E-state index in [0.29, 0.717) is 35.5 Å². The van der Waals surface area contributed by atoms with Crippen LogP contribution in [0, 0.1) is 11.6 Å². The van der Waals surface area contributed by atoms with Crippen molar-refractivity contribution < 1.29 is 23.1 Å². The van der Waals surface area contributed by atoms with Gasteiger partial charge in [0.05, 0.1) is 23.7 Å². The van der Waals surface area contributed by atoms with Crippen LogP contribution < -0.4 is 9.62 Å². The first-order valence-corrected chi connectivity index (χ1v) is 14.2. The summed E-state index contributed by atoms with van der Waals surface area (Å²) >= 11 is 0. The van der Waals surface area contributed by atoms with E-state index in [2.05, 4.69) is 38.8 Å². The summed E-state index contributed by atoms with van der Waals surface area (Å²) < 4.78 is 62.0. The van der Waals surface area contributed by atoms with Crippen LogP contribution in [0.5, 0.6) is 0 Å². The Balaban J connectivity index is 0.00000106. The summed E-state index contributed by atoms with van der Waals surface area (Å²) in [6.45, 7) is 4.68. The Morgan fingerprint density at radius 3 is 2.56 bits per heavy atom. The molecule has 39 heavy (non-hydrogen) atoms.